The van der Waals surface area contributed by atoms with Crippen LogP contribution in [-0.2, 0) is 6.42 Å². The fourth-order valence-electron chi connectivity index (χ4n) is 4.12. The van der Waals surface area contributed by atoms with E-state index in [2.05, 4.69) is 82.9 Å². The largest absolute Gasteiger partial charge is 0.321 e. The lowest BCUT2D eigenvalue weighted by Crippen LogP contribution is -2.44. The summed E-state index contributed by atoms with van der Waals surface area (Å²) in [4.78, 5) is 10.00. The van der Waals surface area contributed by atoms with E-state index >= 15 is 0 Å². The van der Waals surface area contributed by atoms with Gasteiger partial charge < -0.3 is 14.4 Å². The molecule has 0 aliphatic carbocycles. The average molecular weight is 363 g/mol. The zero-order valence-electron chi connectivity index (χ0n) is 16.5. The van der Waals surface area contributed by atoms with Gasteiger partial charge in [0.25, 0.3) is 0 Å². The van der Waals surface area contributed by atoms with Crippen molar-refractivity contribution in [3.63, 3.8) is 0 Å². The first-order chi connectivity index (χ1) is 13.2. The normalized spacial score (nSPS) is 17.4. The van der Waals surface area contributed by atoms with Crippen molar-refractivity contribution < 1.29 is 0 Å². The number of piperazine rings is 1. The van der Waals surface area contributed by atoms with Crippen molar-refractivity contribution in [2.45, 2.75) is 25.8 Å². The van der Waals surface area contributed by atoms with Crippen LogP contribution in [-0.4, -0.2) is 59.1 Å². The number of likely N-dealkylation sites (N-methyl/N-ethyl adjacent to an activating group) is 1. The van der Waals surface area contributed by atoms with E-state index in [1.54, 1.807) is 0 Å². The highest BCUT2D eigenvalue weighted by Gasteiger charge is 2.18. The van der Waals surface area contributed by atoms with Crippen LogP contribution in [0.4, 0.5) is 0 Å². The number of hydrogen-bond donors (Lipinski definition) is 0. The van der Waals surface area contributed by atoms with Gasteiger partial charge in [0.1, 0.15) is 5.82 Å². The Morgan fingerprint density at radius 2 is 1.63 bits per heavy atom. The third-order valence-electron chi connectivity index (χ3n) is 5.81. The molecule has 0 saturated carbocycles. The minimum atomic E-state index is 0.289. The van der Waals surface area contributed by atoms with Gasteiger partial charge in [-0.05, 0) is 44.6 Å². The highest BCUT2D eigenvalue weighted by Crippen LogP contribution is 2.26. The van der Waals surface area contributed by atoms with Gasteiger partial charge in [0, 0.05) is 32.6 Å². The van der Waals surface area contributed by atoms with Gasteiger partial charge >= 0.3 is 0 Å². The summed E-state index contributed by atoms with van der Waals surface area (Å²) in [6.07, 6.45) is 2.19. The molecule has 142 valence electrons. The second kappa shape index (κ2) is 8.24. The van der Waals surface area contributed by atoms with Crippen LogP contribution in [0.15, 0.2) is 54.6 Å². The number of aromatic nitrogens is 2. The van der Waals surface area contributed by atoms with Crippen LogP contribution < -0.4 is 0 Å². The fraction of sp³-hybridized carbons (Fsp3) is 0.435. The van der Waals surface area contributed by atoms with Crippen molar-refractivity contribution in [1.82, 2.24) is 19.4 Å². The van der Waals surface area contributed by atoms with Gasteiger partial charge in [0.15, 0.2) is 0 Å². The molecule has 0 radical (unpaired) electrons. The molecular weight excluding hydrogens is 332 g/mol. The van der Waals surface area contributed by atoms with Crippen LogP contribution in [0.3, 0.4) is 0 Å². The first-order valence-electron chi connectivity index (χ1n) is 10.1. The van der Waals surface area contributed by atoms with Gasteiger partial charge in [0.05, 0.1) is 17.1 Å². The van der Waals surface area contributed by atoms with Gasteiger partial charge in [-0.1, -0.05) is 42.5 Å². The maximum Gasteiger partial charge on any atom is 0.110 e. The van der Waals surface area contributed by atoms with Crippen molar-refractivity contribution in [2.24, 2.45) is 0 Å². The SMILES string of the molecule is CC(c1ccccc1)n1c(CCCN2CCN(C)CC2)nc2ccccc21. The zero-order valence-corrected chi connectivity index (χ0v) is 16.5. The summed E-state index contributed by atoms with van der Waals surface area (Å²) in [5.41, 5.74) is 3.68. The van der Waals surface area contributed by atoms with E-state index < -0.39 is 0 Å². The molecular formula is C23H30N4. The molecule has 1 aliphatic heterocycles. The van der Waals surface area contributed by atoms with E-state index in [0.29, 0.717) is 0 Å². The molecule has 1 aliphatic rings. The maximum atomic E-state index is 4.99. The Labute approximate surface area is 162 Å². The van der Waals surface area contributed by atoms with E-state index in [9.17, 15) is 0 Å². The number of hydrogen-bond acceptors (Lipinski definition) is 3. The molecule has 1 atom stereocenters. The Morgan fingerprint density at radius 1 is 0.926 bits per heavy atom. The summed E-state index contributed by atoms with van der Waals surface area (Å²) in [5, 5.41) is 0. The van der Waals surface area contributed by atoms with Gasteiger partial charge in [-0.2, -0.15) is 0 Å². The maximum absolute atomic E-state index is 4.99. The van der Waals surface area contributed by atoms with Gasteiger partial charge in [-0.3, -0.25) is 0 Å². The van der Waals surface area contributed by atoms with Crippen LogP contribution in [0.1, 0.15) is 30.8 Å². The van der Waals surface area contributed by atoms with Crippen LogP contribution in [0, 0.1) is 0 Å². The molecule has 3 aromatic rings. The smallest absolute Gasteiger partial charge is 0.110 e. The average Bonchev–Trinajstić information content (AvgIpc) is 3.08. The highest BCUT2D eigenvalue weighted by atomic mass is 15.2. The van der Waals surface area contributed by atoms with Gasteiger partial charge in [0.2, 0.25) is 0 Å². The molecule has 4 nitrogen and oxygen atoms in total. The molecule has 0 bridgehead atoms. The monoisotopic (exact) mass is 362 g/mol. The summed E-state index contributed by atoms with van der Waals surface area (Å²) in [5.74, 6) is 1.21. The summed E-state index contributed by atoms with van der Waals surface area (Å²) in [6, 6.07) is 19.6. The van der Waals surface area contributed by atoms with E-state index in [4.69, 9.17) is 4.98 Å². The number of benzene rings is 2. The van der Waals surface area contributed by atoms with E-state index in [1.807, 2.05) is 0 Å². The Morgan fingerprint density at radius 3 is 2.41 bits per heavy atom. The number of fused-ring (bicyclic) bond motifs is 1. The molecule has 4 rings (SSSR count). The van der Waals surface area contributed by atoms with Crippen LogP contribution in [0.5, 0.6) is 0 Å². The Bertz CT molecular complexity index is 862. The number of nitrogens with zero attached hydrogens (tertiary/aromatic N) is 4. The van der Waals surface area contributed by atoms with Crippen molar-refractivity contribution in [1.29, 1.82) is 0 Å². The number of aryl methyl sites for hydroxylation is 1. The standard InChI is InChI=1S/C23H30N4/c1-19(20-9-4-3-5-10-20)27-22-12-7-6-11-21(22)24-23(27)13-8-14-26-17-15-25(2)16-18-26/h3-7,9-12,19H,8,13-18H2,1-2H3. The van der Waals surface area contributed by atoms with E-state index in [0.717, 1.165) is 24.9 Å². The molecule has 1 saturated heterocycles. The molecule has 2 heterocycles. The summed E-state index contributed by atoms with van der Waals surface area (Å²) >= 11 is 0. The molecule has 1 unspecified atom stereocenters. The number of rotatable bonds is 6. The molecule has 27 heavy (non-hydrogen) atoms. The quantitative estimate of drug-likeness (QED) is 0.666. The van der Waals surface area contributed by atoms with E-state index in [1.165, 1.54) is 43.1 Å². The lowest BCUT2D eigenvalue weighted by molar-refractivity contribution is 0.152. The van der Waals surface area contributed by atoms with Crippen molar-refractivity contribution in [2.75, 3.05) is 39.8 Å². The molecule has 0 N–H and O–H groups in total. The Kier molecular flexibility index (Phi) is 5.55. The minimum Gasteiger partial charge on any atom is -0.321 e. The molecule has 0 amide bonds. The van der Waals surface area contributed by atoms with Crippen LogP contribution in [0.2, 0.25) is 0 Å². The molecule has 1 aromatic heterocycles. The first kappa shape index (κ1) is 18.2. The predicted molar refractivity (Wildman–Crippen MR) is 112 cm³/mol. The molecule has 4 heteroatoms. The van der Waals surface area contributed by atoms with Crippen molar-refractivity contribution in [3.05, 3.63) is 66.0 Å². The van der Waals surface area contributed by atoms with Crippen LogP contribution in [0.25, 0.3) is 11.0 Å². The second-order valence-corrected chi connectivity index (χ2v) is 7.72. The number of imidazole rings is 1. The fourth-order valence-corrected chi connectivity index (χ4v) is 4.12. The second-order valence-electron chi connectivity index (χ2n) is 7.72. The van der Waals surface area contributed by atoms with Crippen LogP contribution >= 0.6 is 0 Å². The lowest BCUT2D eigenvalue weighted by atomic mass is 10.1. The predicted octanol–water partition coefficient (Wildman–Crippen LogP) is 3.83. The van der Waals surface area contributed by atoms with Crippen molar-refractivity contribution >= 4 is 11.0 Å². The lowest BCUT2D eigenvalue weighted by Gasteiger charge is -2.32. The molecule has 0 spiro atoms. The number of para-hydroxylation sites is 2. The zero-order chi connectivity index (χ0) is 18.6. The third-order valence-corrected chi connectivity index (χ3v) is 5.81. The topological polar surface area (TPSA) is 24.3 Å². The highest BCUT2D eigenvalue weighted by molar-refractivity contribution is 5.76. The Hall–Kier alpha value is -2.17. The van der Waals surface area contributed by atoms with Gasteiger partial charge in [-0.15, -0.1) is 0 Å². The summed E-state index contributed by atoms with van der Waals surface area (Å²) in [6.45, 7) is 8.19. The van der Waals surface area contributed by atoms with Crippen molar-refractivity contribution in [3.8, 4) is 0 Å². The summed E-state index contributed by atoms with van der Waals surface area (Å²) in [7, 11) is 2.21. The van der Waals surface area contributed by atoms with E-state index in [-0.39, 0.29) is 6.04 Å². The Balaban J connectivity index is 1.53. The molecule has 2 aromatic carbocycles. The van der Waals surface area contributed by atoms with Gasteiger partial charge in [-0.25, -0.2) is 4.98 Å². The summed E-state index contributed by atoms with van der Waals surface area (Å²) < 4.78 is 2.44. The third kappa shape index (κ3) is 4.07. The first-order valence-corrected chi connectivity index (χ1v) is 10.1. The minimum absolute atomic E-state index is 0.289. The molecule has 1 fully saturated rings.